The molecule has 0 spiro atoms. The van der Waals surface area contributed by atoms with Gasteiger partial charge in [0.2, 0.25) is 5.78 Å². The lowest BCUT2D eigenvalue weighted by Crippen LogP contribution is -2.37. The lowest BCUT2D eigenvalue weighted by Gasteiger charge is -2.36. The van der Waals surface area contributed by atoms with Gasteiger partial charge in [-0.05, 0) is 38.5 Å². The van der Waals surface area contributed by atoms with Gasteiger partial charge >= 0.3 is 0 Å². The van der Waals surface area contributed by atoms with E-state index in [-0.39, 0.29) is 23.5 Å². The number of carbonyl (C=O) groups is 1. The van der Waals surface area contributed by atoms with Crippen molar-refractivity contribution in [2.24, 2.45) is 0 Å². The molecule has 3 unspecified atom stereocenters. The molecule has 0 bridgehead atoms. The van der Waals surface area contributed by atoms with Gasteiger partial charge in [0, 0.05) is 12.0 Å². The van der Waals surface area contributed by atoms with E-state index < -0.39 is 29.7 Å². The number of rotatable bonds is 4. The van der Waals surface area contributed by atoms with Crippen LogP contribution in [-0.2, 0) is 6.42 Å². The van der Waals surface area contributed by atoms with Gasteiger partial charge < -0.3 is 24.8 Å². The van der Waals surface area contributed by atoms with Crippen LogP contribution in [0.1, 0.15) is 53.9 Å². The number of carbonyl (C=O) groups excluding carboxylic acids is 1. The molecular weight excluding hydrogens is 396 g/mol. The first kappa shape index (κ1) is 21.2. The van der Waals surface area contributed by atoms with E-state index in [1.807, 2.05) is 19.9 Å². The molecule has 0 saturated heterocycles. The van der Waals surface area contributed by atoms with Crippen molar-refractivity contribution in [3.63, 3.8) is 0 Å². The molecule has 0 aliphatic carbocycles. The summed E-state index contributed by atoms with van der Waals surface area (Å²) in [5.74, 6) is -0.479. The predicted molar refractivity (Wildman–Crippen MR) is 117 cm³/mol. The number of hydrogen-bond acceptors (Lipinski definition) is 6. The second kappa shape index (κ2) is 7.55. The number of benzene rings is 2. The molecule has 2 aliphatic rings. The van der Waals surface area contributed by atoms with Crippen LogP contribution in [0.25, 0.3) is 6.08 Å². The number of hydrogen-bond donors (Lipinski definition) is 3. The minimum absolute atomic E-state index is 0.0785. The van der Waals surface area contributed by atoms with Crippen LogP contribution >= 0.6 is 0 Å². The summed E-state index contributed by atoms with van der Waals surface area (Å²) in [6, 6.07) is 8.92. The zero-order valence-electron chi connectivity index (χ0n) is 17.8. The van der Waals surface area contributed by atoms with Crippen molar-refractivity contribution in [2.45, 2.75) is 51.1 Å². The van der Waals surface area contributed by atoms with Crippen LogP contribution in [0, 0.1) is 0 Å². The average Bonchev–Trinajstić information content (AvgIpc) is 2.72. The largest absolute Gasteiger partial charge is 0.506 e. The zero-order chi connectivity index (χ0) is 22.5. The molecule has 2 aliphatic heterocycles. The molecule has 4 rings (SSSR count). The monoisotopic (exact) mass is 422 g/mol. The summed E-state index contributed by atoms with van der Waals surface area (Å²) in [5, 5.41) is 32.2. The molecule has 0 fully saturated rings. The summed E-state index contributed by atoms with van der Waals surface area (Å²) in [7, 11) is 0. The van der Waals surface area contributed by atoms with Gasteiger partial charge in [-0.3, -0.25) is 4.79 Å². The summed E-state index contributed by atoms with van der Waals surface area (Å²) in [5.41, 5.74) is 1.19. The topological polar surface area (TPSA) is 96.2 Å². The first-order chi connectivity index (χ1) is 14.6. The van der Waals surface area contributed by atoms with Crippen molar-refractivity contribution < 1.29 is 29.6 Å². The Labute approximate surface area is 181 Å². The minimum atomic E-state index is -1.48. The summed E-state index contributed by atoms with van der Waals surface area (Å²) >= 11 is 0. The third-order valence-electron chi connectivity index (χ3n) is 5.67. The SMILES string of the molecule is C=C(C)C(O)Cc1c2c(c(O)c3c1OC(c1ccccc1)C(O)C3=O)C=CC(C)(C)O2. The van der Waals surface area contributed by atoms with Crippen molar-refractivity contribution in [1.82, 2.24) is 0 Å². The fourth-order valence-electron chi connectivity index (χ4n) is 3.90. The minimum Gasteiger partial charge on any atom is -0.506 e. The number of fused-ring (bicyclic) bond motifs is 2. The molecule has 6 heteroatoms. The van der Waals surface area contributed by atoms with E-state index >= 15 is 0 Å². The van der Waals surface area contributed by atoms with Crippen molar-refractivity contribution in [1.29, 1.82) is 0 Å². The lowest BCUT2D eigenvalue weighted by atomic mass is 9.86. The highest BCUT2D eigenvalue weighted by atomic mass is 16.5. The molecule has 3 atom stereocenters. The molecule has 2 heterocycles. The number of aliphatic hydroxyl groups is 2. The first-order valence-electron chi connectivity index (χ1n) is 10.2. The number of phenolic OH excluding ortho intramolecular Hbond substituents is 1. The standard InChI is InChI=1S/C25H26O6/c1-13(2)17(26)12-16-23-15(10-11-25(3,4)31-23)19(27)18-20(28)21(29)22(30-24(16)18)14-8-6-5-7-9-14/h5-11,17,21-22,26-27,29H,1,12H2,2-4H3. The third kappa shape index (κ3) is 3.62. The van der Waals surface area contributed by atoms with Gasteiger partial charge in [-0.2, -0.15) is 0 Å². The highest BCUT2D eigenvalue weighted by Crippen LogP contribution is 2.51. The Bertz CT molecular complexity index is 1080. The van der Waals surface area contributed by atoms with Gasteiger partial charge in [0.05, 0.1) is 11.7 Å². The van der Waals surface area contributed by atoms with Crippen LogP contribution in [0.4, 0.5) is 0 Å². The van der Waals surface area contributed by atoms with Crippen LogP contribution in [-0.4, -0.2) is 38.9 Å². The zero-order valence-corrected chi connectivity index (χ0v) is 17.8. The Balaban J connectivity index is 1.95. The van der Waals surface area contributed by atoms with Gasteiger partial charge in [0.1, 0.15) is 28.4 Å². The van der Waals surface area contributed by atoms with Crippen LogP contribution in [0.15, 0.2) is 48.6 Å². The van der Waals surface area contributed by atoms with E-state index in [9.17, 15) is 20.1 Å². The average molecular weight is 422 g/mol. The number of Topliss-reactive ketones (excluding diaryl/α,β-unsaturated/α-hetero) is 1. The molecule has 162 valence electrons. The Kier molecular flexibility index (Phi) is 5.15. The Morgan fingerprint density at radius 1 is 1.23 bits per heavy atom. The van der Waals surface area contributed by atoms with Gasteiger partial charge in [-0.25, -0.2) is 0 Å². The highest BCUT2D eigenvalue weighted by molar-refractivity contribution is 6.07. The van der Waals surface area contributed by atoms with Crippen molar-refractivity contribution >= 4 is 11.9 Å². The van der Waals surface area contributed by atoms with Crippen molar-refractivity contribution in [3.05, 3.63) is 70.8 Å². The van der Waals surface area contributed by atoms with Gasteiger partial charge in [0.25, 0.3) is 0 Å². The Morgan fingerprint density at radius 2 is 1.90 bits per heavy atom. The number of aromatic hydroxyl groups is 1. The number of aliphatic hydroxyl groups excluding tert-OH is 2. The second-order valence-electron chi connectivity index (χ2n) is 8.64. The molecule has 0 aromatic heterocycles. The quantitative estimate of drug-likeness (QED) is 0.650. The fourth-order valence-corrected chi connectivity index (χ4v) is 3.90. The van der Waals surface area contributed by atoms with E-state index in [0.717, 1.165) is 0 Å². The van der Waals surface area contributed by atoms with Crippen molar-refractivity contribution in [3.8, 4) is 17.2 Å². The molecule has 2 aromatic rings. The van der Waals surface area contributed by atoms with E-state index in [0.29, 0.717) is 28.0 Å². The smallest absolute Gasteiger partial charge is 0.202 e. The molecule has 0 amide bonds. The van der Waals surface area contributed by atoms with E-state index in [1.165, 1.54) is 0 Å². The third-order valence-corrected chi connectivity index (χ3v) is 5.67. The normalized spacial score (nSPS) is 22.0. The predicted octanol–water partition coefficient (Wildman–Crippen LogP) is 3.73. The van der Waals surface area contributed by atoms with Crippen molar-refractivity contribution in [2.75, 3.05) is 0 Å². The molecule has 2 aromatic carbocycles. The Morgan fingerprint density at radius 3 is 2.55 bits per heavy atom. The number of phenols is 1. The number of ether oxygens (including phenoxy) is 2. The van der Waals surface area contributed by atoms with Crippen LogP contribution < -0.4 is 9.47 Å². The van der Waals surface area contributed by atoms with Gasteiger partial charge in [-0.1, -0.05) is 42.5 Å². The van der Waals surface area contributed by atoms with Crippen LogP contribution in [0.5, 0.6) is 17.2 Å². The first-order valence-corrected chi connectivity index (χ1v) is 10.2. The second-order valence-corrected chi connectivity index (χ2v) is 8.64. The summed E-state index contributed by atoms with van der Waals surface area (Å²) in [6.45, 7) is 9.25. The van der Waals surface area contributed by atoms with Crippen LogP contribution in [0.3, 0.4) is 0 Å². The summed E-state index contributed by atoms with van der Waals surface area (Å²) in [6.07, 6.45) is 0.200. The molecule has 0 radical (unpaired) electrons. The molecule has 31 heavy (non-hydrogen) atoms. The maximum atomic E-state index is 13.2. The van der Waals surface area contributed by atoms with E-state index in [4.69, 9.17) is 9.47 Å². The van der Waals surface area contributed by atoms with E-state index in [2.05, 4.69) is 6.58 Å². The summed E-state index contributed by atoms with van der Waals surface area (Å²) in [4.78, 5) is 13.2. The van der Waals surface area contributed by atoms with E-state index in [1.54, 1.807) is 43.3 Å². The van der Waals surface area contributed by atoms with Gasteiger partial charge in [-0.15, -0.1) is 0 Å². The molecule has 6 nitrogen and oxygen atoms in total. The highest BCUT2D eigenvalue weighted by Gasteiger charge is 2.43. The summed E-state index contributed by atoms with van der Waals surface area (Å²) < 4.78 is 12.3. The maximum absolute atomic E-state index is 13.2. The maximum Gasteiger partial charge on any atom is 0.202 e. The number of ketones is 1. The Hall–Kier alpha value is -3.09. The lowest BCUT2D eigenvalue weighted by molar-refractivity contribution is 0.0200. The fraction of sp³-hybridized carbons (Fsp3) is 0.320. The molecule has 3 N–H and O–H groups in total. The molecule has 0 saturated carbocycles. The van der Waals surface area contributed by atoms with Gasteiger partial charge in [0.15, 0.2) is 12.2 Å². The molecular formula is C25H26O6. The van der Waals surface area contributed by atoms with Crippen LogP contribution in [0.2, 0.25) is 0 Å².